The molecule has 0 aliphatic rings. The van der Waals surface area contributed by atoms with Crippen LogP contribution in [0.25, 0.3) is 0 Å². The van der Waals surface area contributed by atoms with Crippen molar-refractivity contribution in [2.45, 2.75) is 45.7 Å². The second-order valence-electron chi connectivity index (χ2n) is 6.16. The Morgan fingerprint density at radius 2 is 1.59 bits per heavy atom. The van der Waals surface area contributed by atoms with Crippen molar-refractivity contribution in [2.24, 2.45) is 11.5 Å². The summed E-state index contributed by atoms with van der Waals surface area (Å²) in [6, 6.07) is 8.28. The number of carbonyl (C=O) groups excluding carboxylic acids is 2. The Labute approximate surface area is 175 Å². The molecule has 6 N–H and O–H groups in total. The number of hydrogen-bond donors (Lipinski definition) is 4. The molecule has 2 atom stereocenters. The quantitative estimate of drug-likeness (QED) is 0.337. The van der Waals surface area contributed by atoms with Gasteiger partial charge in [-0.25, -0.2) is 0 Å². The van der Waals surface area contributed by atoms with Gasteiger partial charge in [-0.05, 0) is 30.9 Å². The summed E-state index contributed by atoms with van der Waals surface area (Å²) in [5, 5.41) is 5.43. The van der Waals surface area contributed by atoms with Gasteiger partial charge in [-0.3, -0.25) is 9.59 Å². The van der Waals surface area contributed by atoms with E-state index in [0.717, 1.165) is 11.1 Å². The molecule has 1 aromatic carbocycles. The normalized spacial score (nSPS) is 13.1. The summed E-state index contributed by atoms with van der Waals surface area (Å²) in [7, 11) is 0. The summed E-state index contributed by atoms with van der Waals surface area (Å²) in [4.78, 5) is 24.0. The van der Waals surface area contributed by atoms with Crippen molar-refractivity contribution in [1.29, 1.82) is 0 Å². The third-order valence-electron chi connectivity index (χ3n) is 3.92. The zero-order valence-electron chi connectivity index (χ0n) is 17.9. The maximum absolute atomic E-state index is 12.0. The number of carbonyl (C=O) groups is 2. The van der Waals surface area contributed by atoms with Gasteiger partial charge in [-0.1, -0.05) is 75.1 Å². The fraction of sp³-hybridized carbons (Fsp3) is 0.391. The molecule has 0 fully saturated rings. The highest BCUT2D eigenvalue weighted by molar-refractivity contribution is 5.83. The predicted molar refractivity (Wildman–Crippen MR) is 121 cm³/mol. The molecule has 0 radical (unpaired) electrons. The lowest BCUT2D eigenvalue weighted by molar-refractivity contribution is -0.124. The first-order chi connectivity index (χ1) is 14.0. The maximum Gasteiger partial charge on any atom is 0.237 e. The average Bonchev–Trinajstić information content (AvgIpc) is 2.75. The van der Waals surface area contributed by atoms with Gasteiger partial charge in [0.25, 0.3) is 0 Å². The van der Waals surface area contributed by atoms with Crippen LogP contribution in [0, 0.1) is 0 Å². The number of allylic oxidation sites excluding steroid dienone is 4. The maximum atomic E-state index is 12.0. The van der Waals surface area contributed by atoms with E-state index in [2.05, 4.69) is 17.2 Å². The summed E-state index contributed by atoms with van der Waals surface area (Å²) < 4.78 is 0. The number of nitrogens with two attached hydrogens (primary N) is 2. The highest BCUT2D eigenvalue weighted by Gasteiger charge is 2.15. The Kier molecular flexibility index (Phi) is 14.8. The van der Waals surface area contributed by atoms with Gasteiger partial charge in [0.05, 0.1) is 12.1 Å². The van der Waals surface area contributed by atoms with Crippen LogP contribution in [0.15, 0.2) is 66.8 Å². The number of amides is 2. The number of benzene rings is 1. The van der Waals surface area contributed by atoms with Crippen LogP contribution < -0.4 is 22.1 Å². The van der Waals surface area contributed by atoms with Gasteiger partial charge in [-0.15, -0.1) is 0 Å². The SMILES string of the molecule is C=C/C(=C\C=C/C)CC(N)C(=O)NCCNC(=O)C(N)Cc1ccccc1.CC. The number of rotatable bonds is 11. The van der Waals surface area contributed by atoms with Crippen LogP contribution in [0.1, 0.15) is 32.8 Å². The standard InChI is InChI=1S/C21H30N4O2.C2H6/c1-3-5-9-16(4-2)14-18(22)20(26)24-12-13-25-21(27)19(23)15-17-10-7-6-8-11-17;1-2/h3-11,18-19H,2,12-15,22-23H2,1H3,(H,24,26)(H,25,27);1-2H3/b5-3-,16-9+;. The first-order valence-electron chi connectivity index (χ1n) is 10.0. The molecule has 0 aromatic heterocycles. The smallest absolute Gasteiger partial charge is 0.237 e. The Hall–Kier alpha value is -2.70. The van der Waals surface area contributed by atoms with Crippen molar-refractivity contribution in [3.63, 3.8) is 0 Å². The molecule has 2 amide bonds. The zero-order valence-corrected chi connectivity index (χ0v) is 17.9. The van der Waals surface area contributed by atoms with E-state index in [1.165, 1.54) is 0 Å². The van der Waals surface area contributed by atoms with E-state index >= 15 is 0 Å². The molecule has 6 heteroatoms. The van der Waals surface area contributed by atoms with Crippen LogP contribution >= 0.6 is 0 Å². The third-order valence-corrected chi connectivity index (χ3v) is 3.92. The zero-order chi connectivity index (χ0) is 22.1. The van der Waals surface area contributed by atoms with Crippen molar-refractivity contribution >= 4 is 11.8 Å². The number of nitrogens with one attached hydrogen (secondary N) is 2. The first kappa shape index (κ1) is 26.3. The Bertz CT molecular complexity index is 669. The summed E-state index contributed by atoms with van der Waals surface area (Å²) in [6.45, 7) is 10.2. The topological polar surface area (TPSA) is 110 Å². The minimum atomic E-state index is -0.671. The second kappa shape index (κ2) is 16.3. The highest BCUT2D eigenvalue weighted by Crippen LogP contribution is 2.06. The largest absolute Gasteiger partial charge is 0.353 e. The fourth-order valence-corrected chi connectivity index (χ4v) is 2.38. The molecule has 0 saturated carbocycles. The van der Waals surface area contributed by atoms with Crippen molar-refractivity contribution in [2.75, 3.05) is 13.1 Å². The molecule has 0 bridgehead atoms. The van der Waals surface area contributed by atoms with E-state index in [0.29, 0.717) is 25.9 Å². The lowest BCUT2D eigenvalue weighted by Crippen LogP contribution is -2.46. The second-order valence-corrected chi connectivity index (χ2v) is 6.16. The molecule has 29 heavy (non-hydrogen) atoms. The van der Waals surface area contributed by atoms with Gasteiger partial charge in [0.2, 0.25) is 11.8 Å². The molecule has 2 unspecified atom stereocenters. The molecule has 0 aliphatic heterocycles. The molecule has 0 aliphatic carbocycles. The van der Waals surface area contributed by atoms with E-state index in [-0.39, 0.29) is 11.8 Å². The van der Waals surface area contributed by atoms with Gasteiger partial charge >= 0.3 is 0 Å². The molecular formula is C23H36N4O2. The highest BCUT2D eigenvalue weighted by atomic mass is 16.2. The van der Waals surface area contributed by atoms with E-state index in [9.17, 15) is 9.59 Å². The summed E-state index contributed by atoms with van der Waals surface area (Å²) in [5.74, 6) is -0.522. The average molecular weight is 401 g/mol. The van der Waals surface area contributed by atoms with Gasteiger partial charge in [0.15, 0.2) is 0 Å². The summed E-state index contributed by atoms with van der Waals surface area (Å²) in [5.41, 5.74) is 13.7. The lowest BCUT2D eigenvalue weighted by atomic mass is 10.1. The summed E-state index contributed by atoms with van der Waals surface area (Å²) in [6.07, 6.45) is 8.17. The predicted octanol–water partition coefficient (Wildman–Crippen LogP) is 2.22. The fourth-order valence-electron chi connectivity index (χ4n) is 2.38. The molecule has 1 aromatic rings. The van der Waals surface area contributed by atoms with E-state index in [4.69, 9.17) is 11.5 Å². The molecule has 1 rings (SSSR count). The van der Waals surface area contributed by atoms with Crippen molar-refractivity contribution in [1.82, 2.24) is 10.6 Å². The Morgan fingerprint density at radius 3 is 2.10 bits per heavy atom. The van der Waals surface area contributed by atoms with Crippen LogP contribution in [0.4, 0.5) is 0 Å². The van der Waals surface area contributed by atoms with Gasteiger partial charge in [-0.2, -0.15) is 0 Å². The van der Waals surface area contributed by atoms with Gasteiger partial charge in [0.1, 0.15) is 0 Å². The van der Waals surface area contributed by atoms with Crippen LogP contribution in [0.3, 0.4) is 0 Å². The molecule has 6 nitrogen and oxygen atoms in total. The van der Waals surface area contributed by atoms with E-state index in [1.54, 1.807) is 6.08 Å². The van der Waals surface area contributed by atoms with Crippen LogP contribution in [-0.2, 0) is 16.0 Å². The lowest BCUT2D eigenvalue weighted by Gasteiger charge is -2.15. The molecular weight excluding hydrogens is 364 g/mol. The van der Waals surface area contributed by atoms with E-state index in [1.807, 2.05) is 69.3 Å². The van der Waals surface area contributed by atoms with E-state index < -0.39 is 12.1 Å². The number of hydrogen-bond acceptors (Lipinski definition) is 4. The van der Waals surface area contributed by atoms with Crippen molar-refractivity contribution in [3.05, 3.63) is 72.4 Å². The molecule has 160 valence electrons. The molecule has 0 saturated heterocycles. The molecule has 0 heterocycles. The van der Waals surface area contributed by atoms with Gasteiger partial charge in [0, 0.05) is 13.1 Å². The van der Waals surface area contributed by atoms with Crippen LogP contribution in [0.5, 0.6) is 0 Å². The van der Waals surface area contributed by atoms with Crippen LogP contribution in [0.2, 0.25) is 0 Å². The van der Waals surface area contributed by atoms with Crippen LogP contribution in [-0.4, -0.2) is 37.0 Å². The summed E-state index contributed by atoms with van der Waals surface area (Å²) >= 11 is 0. The van der Waals surface area contributed by atoms with Gasteiger partial charge < -0.3 is 22.1 Å². The first-order valence-corrected chi connectivity index (χ1v) is 10.0. The van der Waals surface area contributed by atoms with Crippen molar-refractivity contribution < 1.29 is 9.59 Å². The van der Waals surface area contributed by atoms with Crippen molar-refractivity contribution in [3.8, 4) is 0 Å². The molecule has 0 spiro atoms. The Balaban J connectivity index is 0.00000379. The minimum absolute atomic E-state index is 0.249. The Morgan fingerprint density at radius 1 is 1.03 bits per heavy atom. The third kappa shape index (κ3) is 11.7. The minimum Gasteiger partial charge on any atom is -0.353 e. The monoisotopic (exact) mass is 400 g/mol.